The molecule has 4 bridgehead atoms. The predicted octanol–water partition coefficient (Wildman–Crippen LogP) is 4.08. The first-order chi connectivity index (χ1) is 8.68. The van der Waals surface area contributed by atoms with Gasteiger partial charge in [0.05, 0.1) is 0 Å². The lowest BCUT2D eigenvalue weighted by Gasteiger charge is -2.61. The number of carbonyl (C=O) groups excluding carboxylic acids is 1. The molecule has 4 fully saturated rings. The van der Waals surface area contributed by atoms with Crippen molar-refractivity contribution in [3.63, 3.8) is 0 Å². The lowest BCUT2D eigenvalue weighted by molar-refractivity contribution is -0.118. The van der Waals surface area contributed by atoms with E-state index in [1.807, 2.05) is 0 Å². The van der Waals surface area contributed by atoms with E-state index < -0.39 is 0 Å². The summed E-state index contributed by atoms with van der Waals surface area (Å²) in [6.45, 7) is 5.92. The molecule has 0 aliphatic heterocycles. The van der Waals surface area contributed by atoms with Crippen LogP contribution in [0.5, 0.6) is 0 Å². The van der Waals surface area contributed by atoms with Gasteiger partial charge in [-0.2, -0.15) is 11.8 Å². The molecule has 0 atom stereocenters. The van der Waals surface area contributed by atoms with Crippen molar-refractivity contribution in [3.05, 3.63) is 12.7 Å². The molecule has 0 heterocycles. The van der Waals surface area contributed by atoms with Gasteiger partial charge in [-0.3, -0.25) is 4.79 Å². The molecule has 0 radical (unpaired) electrons. The zero-order valence-corrected chi connectivity index (χ0v) is 12.2. The van der Waals surface area contributed by atoms with E-state index in [-0.39, 0.29) is 10.5 Å². The molecule has 0 aromatic heterocycles. The van der Waals surface area contributed by atoms with E-state index in [4.69, 9.17) is 0 Å². The minimum Gasteiger partial charge on any atom is -0.295 e. The van der Waals surface area contributed by atoms with Crippen LogP contribution in [0.2, 0.25) is 0 Å². The van der Waals surface area contributed by atoms with E-state index in [0.29, 0.717) is 0 Å². The molecule has 4 rings (SSSR count). The van der Waals surface area contributed by atoms with Crippen LogP contribution >= 0.6 is 11.8 Å². The average Bonchev–Trinajstić information content (AvgIpc) is 2.35. The van der Waals surface area contributed by atoms with Crippen LogP contribution in [0.1, 0.15) is 45.4 Å². The highest BCUT2D eigenvalue weighted by atomic mass is 32.2. The van der Waals surface area contributed by atoms with Gasteiger partial charge in [0.2, 0.25) is 0 Å². The molecule has 0 amide bonds. The van der Waals surface area contributed by atoms with Crippen LogP contribution in [0.15, 0.2) is 12.7 Å². The molecule has 4 aliphatic carbocycles. The third-order valence-electron chi connectivity index (χ3n) is 5.61. The molecule has 1 nitrogen and oxygen atoms in total. The van der Waals surface area contributed by atoms with E-state index in [0.717, 1.165) is 35.8 Å². The van der Waals surface area contributed by atoms with Gasteiger partial charge in [-0.15, -0.1) is 0 Å². The van der Waals surface area contributed by atoms with Crippen molar-refractivity contribution in [2.45, 2.75) is 50.2 Å². The van der Waals surface area contributed by atoms with Crippen molar-refractivity contribution < 1.29 is 4.79 Å². The zero-order valence-electron chi connectivity index (χ0n) is 11.4. The van der Waals surface area contributed by atoms with E-state index in [1.165, 1.54) is 32.1 Å². The number of carbonyl (C=O) groups is 1. The average molecular weight is 264 g/mol. The zero-order chi connectivity index (χ0) is 12.8. The number of hydrogen-bond donors (Lipinski definition) is 0. The predicted molar refractivity (Wildman–Crippen MR) is 77.7 cm³/mol. The summed E-state index contributed by atoms with van der Waals surface area (Å²) in [5.41, 5.74) is 0. The van der Waals surface area contributed by atoms with Crippen molar-refractivity contribution in [2.75, 3.05) is 5.75 Å². The fourth-order valence-electron chi connectivity index (χ4n) is 5.17. The van der Waals surface area contributed by atoms with E-state index >= 15 is 0 Å². The van der Waals surface area contributed by atoms with Crippen LogP contribution < -0.4 is 0 Å². The monoisotopic (exact) mass is 264 g/mol. The van der Waals surface area contributed by atoms with Crippen LogP contribution in [0.3, 0.4) is 0 Å². The van der Waals surface area contributed by atoms with Crippen LogP contribution in [0.25, 0.3) is 0 Å². The normalized spacial score (nSPS) is 45.2. The minimum absolute atomic E-state index is 0.267. The third kappa shape index (κ3) is 1.88. The maximum Gasteiger partial charge on any atom is 0.156 e. The van der Waals surface area contributed by atoms with Gasteiger partial charge in [-0.05, 0) is 67.6 Å². The molecule has 0 spiro atoms. The van der Waals surface area contributed by atoms with Crippen LogP contribution in [-0.2, 0) is 4.79 Å². The number of rotatable bonds is 5. The third-order valence-corrected chi connectivity index (χ3v) is 7.25. The standard InChI is InChI=1S/C16H24OS/c1-3-15(17)10-16(18-4-2)13-6-11-5-12(8-13)9-14(16)7-11/h3,11-14H,1,4-10H2,2H3. The Kier molecular flexibility index (Phi) is 3.34. The Morgan fingerprint density at radius 2 is 1.78 bits per heavy atom. The molecule has 0 unspecified atom stereocenters. The van der Waals surface area contributed by atoms with Crippen LogP contribution in [0, 0.1) is 23.7 Å². The Labute approximate surface area is 115 Å². The van der Waals surface area contributed by atoms with Crippen molar-refractivity contribution >= 4 is 17.5 Å². The molecular formula is C16H24OS. The van der Waals surface area contributed by atoms with Crippen molar-refractivity contribution in [1.82, 2.24) is 0 Å². The molecule has 0 saturated heterocycles. The van der Waals surface area contributed by atoms with Gasteiger partial charge in [0.1, 0.15) is 0 Å². The van der Waals surface area contributed by atoms with E-state index in [9.17, 15) is 4.79 Å². The highest BCUT2D eigenvalue weighted by molar-refractivity contribution is 8.00. The highest BCUT2D eigenvalue weighted by Crippen LogP contribution is 2.63. The molecule has 0 aromatic carbocycles. The van der Waals surface area contributed by atoms with Gasteiger partial charge in [-0.25, -0.2) is 0 Å². The van der Waals surface area contributed by atoms with Crippen LogP contribution in [0.4, 0.5) is 0 Å². The van der Waals surface area contributed by atoms with Crippen molar-refractivity contribution in [1.29, 1.82) is 0 Å². The Bertz CT molecular complexity index is 332. The van der Waals surface area contributed by atoms with Crippen molar-refractivity contribution in [3.8, 4) is 0 Å². The van der Waals surface area contributed by atoms with E-state index in [2.05, 4.69) is 25.3 Å². The Hall–Kier alpha value is -0.240. The molecule has 0 N–H and O–H groups in total. The Morgan fingerprint density at radius 3 is 2.22 bits per heavy atom. The Balaban J connectivity index is 1.88. The summed E-state index contributed by atoms with van der Waals surface area (Å²) < 4.78 is 0.271. The maximum atomic E-state index is 12.0. The van der Waals surface area contributed by atoms with Gasteiger partial charge in [0.15, 0.2) is 5.78 Å². The van der Waals surface area contributed by atoms with Gasteiger partial charge in [0, 0.05) is 11.2 Å². The maximum absolute atomic E-state index is 12.0. The summed E-state index contributed by atoms with van der Waals surface area (Å²) in [5, 5.41) is 0. The second kappa shape index (κ2) is 4.70. The highest BCUT2D eigenvalue weighted by Gasteiger charge is 2.57. The fraction of sp³-hybridized carbons (Fsp3) is 0.812. The SMILES string of the molecule is C=CC(=O)CC1(SCC)C2CC3CC(C2)CC1C3. The first-order valence-corrected chi connectivity index (χ1v) is 8.45. The van der Waals surface area contributed by atoms with E-state index in [1.54, 1.807) is 6.08 Å². The van der Waals surface area contributed by atoms with Crippen LogP contribution in [-0.4, -0.2) is 16.3 Å². The first-order valence-electron chi connectivity index (χ1n) is 7.47. The molecule has 0 aromatic rings. The Morgan fingerprint density at radius 1 is 1.22 bits per heavy atom. The van der Waals surface area contributed by atoms with Gasteiger partial charge >= 0.3 is 0 Å². The first kappa shape index (κ1) is 12.8. The summed E-state index contributed by atoms with van der Waals surface area (Å²) in [4.78, 5) is 12.0. The smallest absolute Gasteiger partial charge is 0.156 e. The molecule has 4 aliphatic rings. The second-order valence-electron chi connectivity index (χ2n) is 6.54. The van der Waals surface area contributed by atoms with Gasteiger partial charge in [-0.1, -0.05) is 13.5 Å². The minimum atomic E-state index is 0.267. The number of hydrogen-bond acceptors (Lipinski definition) is 2. The topological polar surface area (TPSA) is 17.1 Å². The molecule has 2 heteroatoms. The quantitative estimate of drug-likeness (QED) is 0.696. The molecule has 18 heavy (non-hydrogen) atoms. The second-order valence-corrected chi connectivity index (χ2v) is 8.17. The largest absolute Gasteiger partial charge is 0.295 e. The summed E-state index contributed by atoms with van der Waals surface area (Å²) in [5.74, 6) is 5.00. The fourth-order valence-corrected chi connectivity index (χ4v) is 6.81. The summed E-state index contributed by atoms with van der Waals surface area (Å²) in [7, 11) is 0. The molecular weight excluding hydrogens is 240 g/mol. The summed E-state index contributed by atoms with van der Waals surface area (Å²) in [6.07, 6.45) is 9.35. The van der Waals surface area contributed by atoms with Gasteiger partial charge in [0.25, 0.3) is 0 Å². The lowest BCUT2D eigenvalue weighted by atomic mass is 9.50. The number of allylic oxidation sites excluding steroid dienone is 1. The summed E-state index contributed by atoms with van der Waals surface area (Å²) in [6, 6.07) is 0. The van der Waals surface area contributed by atoms with Gasteiger partial charge < -0.3 is 0 Å². The molecule has 100 valence electrons. The number of ketones is 1. The summed E-state index contributed by atoms with van der Waals surface area (Å²) >= 11 is 2.09. The lowest BCUT2D eigenvalue weighted by Crippen LogP contribution is -2.56. The molecule has 4 saturated carbocycles. The van der Waals surface area contributed by atoms with Crippen molar-refractivity contribution in [2.24, 2.45) is 23.7 Å². The number of thioether (sulfide) groups is 1.